The van der Waals surface area contributed by atoms with Crippen molar-refractivity contribution in [1.82, 2.24) is 10.2 Å². The van der Waals surface area contributed by atoms with E-state index in [4.69, 9.17) is 0 Å². The minimum absolute atomic E-state index is 0.0926. The van der Waals surface area contributed by atoms with Crippen molar-refractivity contribution in [3.63, 3.8) is 0 Å². The Balaban J connectivity index is 2.34. The van der Waals surface area contributed by atoms with E-state index < -0.39 is 0 Å². The highest BCUT2D eigenvalue weighted by Crippen LogP contribution is 2.32. The minimum atomic E-state index is 0.0926. The smallest absolute Gasteiger partial charge is 0.220 e. The molecular weight excluding hydrogens is 228 g/mol. The van der Waals surface area contributed by atoms with Gasteiger partial charge in [-0.05, 0) is 39.8 Å². The molecule has 4 nitrogen and oxygen atoms in total. The van der Waals surface area contributed by atoms with Gasteiger partial charge in [0.25, 0.3) is 0 Å². The van der Waals surface area contributed by atoms with E-state index in [0.717, 1.165) is 32.2 Å². The van der Waals surface area contributed by atoms with Gasteiger partial charge in [-0.1, -0.05) is 12.8 Å². The highest BCUT2D eigenvalue weighted by molar-refractivity contribution is 5.81. The summed E-state index contributed by atoms with van der Waals surface area (Å²) < 4.78 is 0. The van der Waals surface area contributed by atoms with Crippen molar-refractivity contribution >= 4 is 11.7 Å². The van der Waals surface area contributed by atoms with E-state index in [1.54, 1.807) is 6.92 Å². The van der Waals surface area contributed by atoms with Crippen LogP contribution < -0.4 is 5.32 Å². The molecule has 18 heavy (non-hydrogen) atoms. The van der Waals surface area contributed by atoms with E-state index >= 15 is 0 Å². The third-order valence-electron chi connectivity index (χ3n) is 3.76. The van der Waals surface area contributed by atoms with Crippen molar-refractivity contribution in [2.24, 2.45) is 11.8 Å². The van der Waals surface area contributed by atoms with Crippen LogP contribution in [0.1, 0.15) is 39.0 Å². The predicted octanol–water partition coefficient (Wildman–Crippen LogP) is 1.45. The predicted molar refractivity (Wildman–Crippen MR) is 72.3 cm³/mol. The van der Waals surface area contributed by atoms with Gasteiger partial charge in [-0.2, -0.15) is 0 Å². The van der Waals surface area contributed by atoms with Crippen LogP contribution in [0.2, 0.25) is 0 Å². The van der Waals surface area contributed by atoms with Gasteiger partial charge in [-0.15, -0.1) is 0 Å². The molecular formula is C14H26N2O2. The van der Waals surface area contributed by atoms with E-state index in [0.29, 0.717) is 13.0 Å². The Labute approximate surface area is 110 Å². The molecule has 1 rings (SSSR count). The first-order chi connectivity index (χ1) is 8.50. The molecule has 0 saturated heterocycles. The third-order valence-corrected chi connectivity index (χ3v) is 3.76. The Morgan fingerprint density at radius 3 is 2.50 bits per heavy atom. The van der Waals surface area contributed by atoms with Crippen molar-refractivity contribution in [2.75, 3.05) is 27.2 Å². The molecule has 1 unspecified atom stereocenters. The number of hydrogen-bond donors (Lipinski definition) is 1. The number of hydrogen-bond acceptors (Lipinski definition) is 3. The average Bonchev–Trinajstić information content (AvgIpc) is 2.28. The average molecular weight is 254 g/mol. The lowest BCUT2D eigenvalue weighted by atomic mass is 9.75. The van der Waals surface area contributed by atoms with Crippen LogP contribution in [0.25, 0.3) is 0 Å². The zero-order valence-electron chi connectivity index (χ0n) is 11.9. The molecule has 2 atom stereocenters. The minimum Gasteiger partial charge on any atom is -0.355 e. The molecule has 1 aliphatic rings. The molecule has 0 aliphatic heterocycles. The third kappa shape index (κ3) is 5.17. The lowest BCUT2D eigenvalue weighted by Gasteiger charge is -2.29. The Morgan fingerprint density at radius 1 is 1.22 bits per heavy atom. The van der Waals surface area contributed by atoms with Crippen molar-refractivity contribution in [2.45, 2.75) is 39.0 Å². The Hall–Kier alpha value is -0.900. The normalized spacial score (nSPS) is 24.0. The Kier molecular flexibility index (Phi) is 6.33. The van der Waals surface area contributed by atoms with Gasteiger partial charge in [0.05, 0.1) is 0 Å². The van der Waals surface area contributed by atoms with Crippen LogP contribution in [0.3, 0.4) is 0 Å². The fourth-order valence-corrected chi connectivity index (χ4v) is 2.72. The van der Waals surface area contributed by atoms with Gasteiger partial charge in [0.1, 0.15) is 5.78 Å². The van der Waals surface area contributed by atoms with Crippen molar-refractivity contribution in [3.8, 4) is 0 Å². The molecule has 0 aromatic heterocycles. The zero-order chi connectivity index (χ0) is 13.5. The Morgan fingerprint density at radius 2 is 1.89 bits per heavy atom. The van der Waals surface area contributed by atoms with Gasteiger partial charge in [0, 0.05) is 25.4 Å². The molecule has 1 saturated carbocycles. The van der Waals surface area contributed by atoms with Gasteiger partial charge in [-0.3, -0.25) is 9.59 Å². The fourth-order valence-electron chi connectivity index (χ4n) is 2.72. The first-order valence-corrected chi connectivity index (χ1v) is 6.92. The number of nitrogens with one attached hydrogen (secondary N) is 1. The van der Waals surface area contributed by atoms with E-state index in [1.165, 1.54) is 0 Å². The number of amides is 1. The molecule has 1 aliphatic carbocycles. The molecule has 104 valence electrons. The van der Waals surface area contributed by atoms with Crippen LogP contribution in [-0.2, 0) is 9.59 Å². The first kappa shape index (κ1) is 15.2. The molecule has 4 heteroatoms. The fraction of sp³-hybridized carbons (Fsp3) is 0.857. The summed E-state index contributed by atoms with van der Waals surface area (Å²) in [5.41, 5.74) is 0. The van der Waals surface area contributed by atoms with Crippen LogP contribution in [0.15, 0.2) is 0 Å². The maximum absolute atomic E-state index is 11.8. The molecule has 1 N–H and O–H groups in total. The SMILES string of the molecule is CC(=O)[C@H]1CCCCC1CC(=O)NCCN(C)C. The Bertz CT molecular complexity index is 290. The van der Waals surface area contributed by atoms with E-state index in [9.17, 15) is 9.59 Å². The van der Waals surface area contributed by atoms with Crippen molar-refractivity contribution in [1.29, 1.82) is 0 Å². The quantitative estimate of drug-likeness (QED) is 0.780. The van der Waals surface area contributed by atoms with Crippen LogP contribution in [-0.4, -0.2) is 43.8 Å². The molecule has 0 aromatic rings. The summed E-state index contributed by atoms with van der Waals surface area (Å²) in [5, 5.41) is 2.93. The molecule has 0 bridgehead atoms. The largest absolute Gasteiger partial charge is 0.355 e. The highest BCUT2D eigenvalue weighted by atomic mass is 16.1. The van der Waals surface area contributed by atoms with Gasteiger partial charge in [0.15, 0.2) is 0 Å². The summed E-state index contributed by atoms with van der Waals surface area (Å²) in [6, 6.07) is 0. The van der Waals surface area contributed by atoms with Gasteiger partial charge in [-0.25, -0.2) is 0 Å². The highest BCUT2D eigenvalue weighted by Gasteiger charge is 2.29. The number of carbonyl (C=O) groups excluding carboxylic acids is 2. The van der Waals surface area contributed by atoms with E-state index in [-0.39, 0.29) is 23.5 Å². The number of ketones is 1. The standard InChI is InChI=1S/C14H26N2O2/c1-11(17)13-7-5-4-6-12(13)10-14(18)15-8-9-16(2)3/h12-13H,4-10H2,1-3H3,(H,15,18)/t12?,13-/m1/s1. The summed E-state index contributed by atoms with van der Waals surface area (Å²) in [5.74, 6) is 0.713. The molecule has 0 heterocycles. The number of Topliss-reactive ketones (excluding diaryl/α,β-unsaturated/α-hetero) is 1. The van der Waals surface area contributed by atoms with E-state index in [1.807, 2.05) is 19.0 Å². The summed E-state index contributed by atoms with van der Waals surface area (Å²) >= 11 is 0. The topological polar surface area (TPSA) is 49.4 Å². The molecule has 0 spiro atoms. The van der Waals surface area contributed by atoms with Crippen molar-refractivity contribution in [3.05, 3.63) is 0 Å². The van der Waals surface area contributed by atoms with E-state index in [2.05, 4.69) is 5.32 Å². The zero-order valence-corrected chi connectivity index (χ0v) is 11.9. The molecule has 1 amide bonds. The molecule has 0 radical (unpaired) electrons. The van der Waals surface area contributed by atoms with Crippen LogP contribution in [0.5, 0.6) is 0 Å². The van der Waals surface area contributed by atoms with Crippen LogP contribution >= 0.6 is 0 Å². The number of nitrogens with zero attached hydrogens (tertiary/aromatic N) is 1. The van der Waals surface area contributed by atoms with Gasteiger partial charge in [0.2, 0.25) is 5.91 Å². The maximum atomic E-state index is 11.8. The second kappa shape index (κ2) is 7.52. The molecule has 1 fully saturated rings. The molecule has 0 aromatic carbocycles. The second-order valence-corrected chi connectivity index (χ2v) is 5.62. The van der Waals surface area contributed by atoms with Crippen LogP contribution in [0, 0.1) is 11.8 Å². The summed E-state index contributed by atoms with van der Waals surface area (Å²) in [4.78, 5) is 25.4. The second-order valence-electron chi connectivity index (χ2n) is 5.62. The lowest BCUT2D eigenvalue weighted by Crippen LogP contribution is -2.35. The number of carbonyl (C=O) groups is 2. The maximum Gasteiger partial charge on any atom is 0.220 e. The van der Waals surface area contributed by atoms with Crippen LogP contribution in [0.4, 0.5) is 0 Å². The van der Waals surface area contributed by atoms with Gasteiger partial charge >= 0.3 is 0 Å². The summed E-state index contributed by atoms with van der Waals surface area (Å²) in [7, 11) is 3.97. The summed E-state index contributed by atoms with van der Waals surface area (Å²) in [6.07, 6.45) is 4.77. The number of rotatable bonds is 6. The number of likely N-dealkylation sites (N-methyl/N-ethyl adjacent to an activating group) is 1. The monoisotopic (exact) mass is 254 g/mol. The summed E-state index contributed by atoms with van der Waals surface area (Å²) in [6.45, 7) is 3.20. The van der Waals surface area contributed by atoms with Crippen molar-refractivity contribution < 1.29 is 9.59 Å². The first-order valence-electron chi connectivity index (χ1n) is 6.92. The lowest BCUT2D eigenvalue weighted by molar-refractivity contribution is -0.126. The van der Waals surface area contributed by atoms with Gasteiger partial charge < -0.3 is 10.2 Å².